The van der Waals surface area contributed by atoms with Gasteiger partial charge in [0.05, 0.1) is 17.6 Å². The third kappa shape index (κ3) is 2.46. The quantitative estimate of drug-likeness (QED) is 0.375. The largest absolute Gasteiger partial charge is 0.471 e. The first kappa shape index (κ1) is 16.8. The lowest BCUT2D eigenvalue weighted by atomic mass is 9.82. The van der Waals surface area contributed by atoms with Crippen LogP contribution in [0.5, 0.6) is 0 Å². The zero-order chi connectivity index (χ0) is 19.4. The highest BCUT2D eigenvalue weighted by Crippen LogP contribution is 2.53. The third-order valence-corrected chi connectivity index (χ3v) is 6.79. The van der Waals surface area contributed by atoms with Crippen LogP contribution >= 0.6 is 0 Å². The van der Waals surface area contributed by atoms with Crippen molar-refractivity contribution in [1.82, 2.24) is 4.98 Å². The van der Waals surface area contributed by atoms with Crippen molar-refractivity contribution < 1.29 is 4.42 Å². The van der Waals surface area contributed by atoms with E-state index in [2.05, 4.69) is 53.2 Å². The van der Waals surface area contributed by atoms with Gasteiger partial charge in [0.25, 0.3) is 0 Å². The predicted octanol–water partition coefficient (Wildman–Crippen LogP) is 6.98. The normalized spacial score (nSPS) is 20.7. The molecule has 0 spiro atoms. The van der Waals surface area contributed by atoms with E-state index in [1.807, 2.05) is 30.9 Å². The van der Waals surface area contributed by atoms with E-state index in [4.69, 9.17) is 4.42 Å². The van der Waals surface area contributed by atoms with Crippen LogP contribution in [0.15, 0.2) is 71.7 Å². The molecular formula is C26H24N2O. The van der Waals surface area contributed by atoms with Crippen molar-refractivity contribution >= 4 is 22.1 Å². The van der Waals surface area contributed by atoms with Crippen LogP contribution in [0.25, 0.3) is 22.0 Å². The molecule has 144 valence electrons. The minimum absolute atomic E-state index is 0.541. The molecule has 29 heavy (non-hydrogen) atoms. The molecule has 0 saturated heterocycles. The molecule has 6 rings (SSSR count). The first-order valence-electron chi connectivity index (χ1n) is 10.6. The second-order valence-corrected chi connectivity index (χ2v) is 8.39. The second kappa shape index (κ2) is 6.48. The number of fused-ring (bicyclic) bond motifs is 4. The molecular weight excluding hydrogens is 356 g/mol. The van der Waals surface area contributed by atoms with Crippen molar-refractivity contribution in [1.29, 1.82) is 0 Å². The number of nitrogens with zero attached hydrogens (tertiary/aromatic N) is 2. The van der Waals surface area contributed by atoms with Gasteiger partial charge in [-0.2, -0.15) is 0 Å². The summed E-state index contributed by atoms with van der Waals surface area (Å²) >= 11 is 0. The number of aromatic nitrogens is 1. The van der Waals surface area contributed by atoms with Crippen LogP contribution < -0.4 is 4.90 Å². The van der Waals surface area contributed by atoms with Crippen molar-refractivity contribution in [3.8, 4) is 11.3 Å². The van der Waals surface area contributed by atoms with E-state index in [-0.39, 0.29) is 0 Å². The van der Waals surface area contributed by atoms with Crippen LogP contribution in [0.4, 0.5) is 11.4 Å². The van der Waals surface area contributed by atoms with Gasteiger partial charge in [-0.05, 0) is 55.2 Å². The summed E-state index contributed by atoms with van der Waals surface area (Å²) in [7, 11) is 0. The second-order valence-electron chi connectivity index (χ2n) is 8.39. The first-order chi connectivity index (χ1) is 14.3. The van der Waals surface area contributed by atoms with Gasteiger partial charge < -0.3 is 9.32 Å². The monoisotopic (exact) mass is 380 g/mol. The summed E-state index contributed by atoms with van der Waals surface area (Å²) in [5.74, 6) is 0.637. The highest BCUT2D eigenvalue weighted by Gasteiger charge is 2.41. The Bertz CT molecular complexity index is 1190. The smallest absolute Gasteiger partial charge is 0.100 e. The lowest BCUT2D eigenvalue weighted by Crippen LogP contribution is -2.32. The number of para-hydroxylation sites is 1. The van der Waals surface area contributed by atoms with E-state index < -0.39 is 0 Å². The predicted molar refractivity (Wildman–Crippen MR) is 118 cm³/mol. The summed E-state index contributed by atoms with van der Waals surface area (Å²) in [5, 5.41) is 2.33. The molecule has 1 aliphatic heterocycles. The fraction of sp³-hybridized carbons (Fsp3) is 0.269. The number of anilines is 2. The molecule has 2 atom stereocenters. The Labute approximate surface area is 171 Å². The summed E-state index contributed by atoms with van der Waals surface area (Å²) < 4.78 is 5.75. The number of benzene rings is 2. The van der Waals surface area contributed by atoms with Gasteiger partial charge in [0.2, 0.25) is 0 Å². The number of pyridine rings is 1. The molecule has 2 aromatic carbocycles. The topological polar surface area (TPSA) is 29.3 Å². The molecule has 1 unspecified atom stereocenters. The first-order valence-corrected chi connectivity index (χ1v) is 10.6. The van der Waals surface area contributed by atoms with Gasteiger partial charge in [0, 0.05) is 40.2 Å². The Balaban J connectivity index is 1.59. The van der Waals surface area contributed by atoms with Crippen LogP contribution in [0, 0.1) is 6.92 Å². The third-order valence-electron chi connectivity index (χ3n) is 6.79. The van der Waals surface area contributed by atoms with E-state index in [0.717, 1.165) is 11.1 Å². The van der Waals surface area contributed by atoms with E-state index in [1.165, 1.54) is 59.1 Å². The number of furan rings is 1. The molecule has 1 fully saturated rings. The number of hydrogen-bond acceptors (Lipinski definition) is 3. The average molecular weight is 380 g/mol. The van der Waals surface area contributed by atoms with Crippen molar-refractivity contribution in [3.05, 3.63) is 78.4 Å². The summed E-state index contributed by atoms with van der Waals surface area (Å²) in [5.41, 5.74) is 7.57. The Morgan fingerprint density at radius 3 is 2.66 bits per heavy atom. The summed E-state index contributed by atoms with van der Waals surface area (Å²) in [6.45, 7) is 2.19. The van der Waals surface area contributed by atoms with Gasteiger partial charge in [-0.15, -0.1) is 0 Å². The van der Waals surface area contributed by atoms with Gasteiger partial charge >= 0.3 is 0 Å². The number of aryl methyl sites for hydroxylation is 1. The molecule has 3 nitrogen and oxygen atoms in total. The molecule has 2 aliphatic rings. The lowest BCUT2D eigenvalue weighted by molar-refractivity contribution is 0.402. The number of rotatable bonds is 2. The summed E-state index contributed by atoms with van der Waals surface area (Å²) in [6, 6.07) is 18.0. The van der Waals surface area contributed by atoms with Crippen LogP contribution in [0.1, 0.15) is 42.7 Å². The van der Waals surface area contributed by atoms with E-state index >= 15 is 0 Å². The fourth-order valence-corrected chi connectivity index (χ4v) is 5.60. The van der Waals surface area contributed by atoms with Crippen LogP contribution in [0.2, 0.25) is 0 Å². The van der Waals surface area contributed by atoms with E-state index in [9.17, 15) is 0 Å². The highest BCUT2D eigenvalue weighted by atomic mass is 16.3. The molecule has 0 bridgehead atoms. The zero-order valence-corrected chi connectivity index (χ0v) is 16.6. The van der Waals surface area contributed by atoms with Gasteiger partial charge in [-0.3, -0.25) is 4.98 Å². The molecule has 0 N–H and O–H groups in total. The Morgan fingerprint density at radius 1 is 0.931 bits per heavy atom. The minimum atomic E-state index is 0.541. The maximum Gasteiger partial charge on any atom is 0.100 e. The molecule has 0 amide bonds. The van der Waals surface area contributed by atoms with Crippen LogP contribution in [-0.2, 0) is 0 Å². The lowest BCUT2D eigenvalue weighted by Gasteiger charge is -2.34. The van der Waals surface area contributed by atoms with Crippen LogP contribution in [-0.4, -0.2) is 11.0 Å². The van der Waals surface area contributed by atoms with Crippen LogP contribution in [0.3, 0.4) is 0 Å². The molecule has 3 heterocycles. The molecule has 2 aromatic heterocycles. The standard InChI is InChI=1S/C26H24N2O/c1-17-14-25(20-15-29-16-21(20)26(17)22-10-6-7-13-27-22)28-23-11-4-2-8-18(23)19-9-3-5-12-24(19)28/h2,4,6-8,10-11,13-16,19,24H,3,5,9,12H2,1H3/t19-,24?/m0/s1. The van der Waals surface area contributed by atoms with E-state index in [0.29, 0.717) is 12.0 Å². The van der Waals surface area contributed by atoms with Crippen molar-refractivity contribution in [2.24, 2.45) is 0 Å². The molecule has 3 heteroatoms. The molecule has 1 aliphatic carbocycles. The Kier molecular flexibility index (Phi) is 3.77. The van der Waals surface area contributed by atoms with E-state index in [1.54, 1.807) is 0 Å². The van der Waals surface area contributed by atoms with Gasteiger partial charge in [0.15, 0.2) is 0 Å². The maximum absolute atomic E-state index is 5.75. The fourth-order valence-electron chi connectivity index (χ4n) is 5.60. The Hall–Kier alpha value is -3.07. The van der Waals surface area contributed by atoms with Crippen molar-refractivity contribution in [3.63, 3.8) is 0 Å². The van der Waals surface area contributed by atoms with Gasteiger partial charge in [-0.1, -0.05) is 37.1 Å². The highest BCUT2D eigenvalue weighted by molar-refractivity contribution is 6.05. The van der Waals surface area contributed by atoms with Crippen molar-refractivity contribution in [2.75, 3.05) is 4.90 Å². The molecule has 1 saturated carbocycles. The Morgan fingerprint density at radius 2 is 1.76 bits per heavy atom. The van der Waals surface area contributed by atoms with Gasteiger partial charge in [-0.25, -0.2) is 0 Å². The summed E-state index contributed by atoms with van der Waals surface area (Å²) in [4.78, 5) is 7.22. The maximum atomic E-state index is 5.75. The average Bonchev–Trinajstić information content (AvgIpc) is 3.37. The minimum Gasteiger partial charge on any atom is -0.471 e. The molecule has 4 aromatic rings. The van der Waals surface area contributed by atoms with Gasteiger partial charge in [0.1, 0.15) is 6.26 Å². The SMILES string of the molecule is Cc1cc(N2c3ccccc3[C@@H]3CCCCC32)c2cocc2c1-c1ccccn1. The van der Waals surface area contributed by atoms with Crippen molar-refractivity contribution in [2.45, 2.75) is 44.6 Å². The molecule has 0 radical (unpaired) electrons. The number of hydrogen-bond donors (Lipinski definition) is 0. The summed E-state index contributed by atoms with van der Waals surface area (Å²) in [6.07, 6.45) is 10.8. The zero-order valence-electron chi connectivity index (χ0n) is 16.6.